The Morgan fingerprint density at radius 3 is 1.68 bits per heavy atom. The van der Waals surface area contributed by atoms with Crippen molar-refractivity contribution < 1.29 is 33.4 Å². The summed E-state index contributed by atoms with van der Waals surface area (Å²) in [4.78, 5) is 52.5. The van der Waals surface area contributed by atoms with Gasteiger partial charge in [0.2, 0.25) is 0 Å². The number of rotatable bonds is 12. The summed E-state index contributed by atoms with van der Waals surface area (Å²) < 4.78 is 15.3. The number of benzene rings is 3. The van der Waals surface area contributed by atoms with Gasteiger partial charge in [-0.05, 0) is 29.5 Å². The number of ether oxygens (including phenoxy) is 3. The Morgan fingerprint density at radius 2 is 1.18 bits per heavy atom. The molecule has 0 aliphatic rings. The van der Waals surface area contributed by atoms with E-state index >= 15 is 0 Å². The van der Waals surface area contributed by atoms with Crippen LogP contribution in [0, 0.1) is 5.41 Å². The molecule has 0 saturated heterocycles. The van der Waals surface area contributed by atoms with E-state index in [0.29, 0.717) is 5.56 Å². The van der Waals surface area contributed by atoms with Crippen molar-refractivity contribution in [2.45, 2.75) is 31.9 Å². The Kier molecular flexibility index (Phi) is 10.2. The maximum absolute atomic E-state index is 13.7. The molecule has 0 saturated carbocycles. The fourth-order valence-electron chi connectivity index (χ4n) is 4.19. The lowest BCUT2D eigenvalue weighted by Gasteiger charge is -2.29. The first-order chi connectivity index (χ1) is 18.4. The Labute approximate surface area is 221 Å². The molecular formula is C30H31NO7. The van der Waals surface area contributed by atoms with E-state index in [1.807, 2.05) is 60.7 Å². The highest BCUT2D eigenvalue weighted by Gasteiger charge is 2.51. The SMILES string of the molecule is COC(=O)C(CC(=O)C(Cc1ccccc1)NC(=O)OCc1ccccc1)(Cc1ccccc1)C(=O)OC. The quantitative estimate of drug-likeness (QED) is 0.219. The van der Waals surface area contributed by atoms with Crippen LogP contribution in [0.15, 0.2) is 91.0 Å². The topological polar surface area (TPSA) is 108 Å². The molecule has 0 aliphatic heterocycles. The predicted octanol–water partition coefficient (Wildman–Crippen LogP) is 4.06. The normalized spacial score (nSPS) is 11.6. The zero-order chi connectivity index (χ0) is 27.4. The van der Waals surface area contributed by atoms with E-state index in [1.165, 1.54) is 0 Å². The summed E-state index contributed by atoms with van der Waals surface area (Å²) in [6.45, 7) is 0.0151. The first kappa shape index (κ1) is 28.1. The van der Waals surface area contributed by atoms with Crippen LogP contribution in [0.5, 0.6) is 0 Å². The van der Waals surface area contributed by atoms with Gasteiger partial charge in [0.05, 0.1) is 20.3 Å². The van der Waals surface area contributed by atoms with Crippen LogP contribution in [0.4, 0.5) is 4.79 Å². The molecule has 1 atom stereocenters. The van der Waals surface area contributed by atoms with Gasteiger partial charge < -0.3 is 19.5 Å². The molecule has 0 radical (unpaired) electrons. The first-order valence-electron chi connectivity index (χ1n) is 12.1. The lowest BCUT2D eigenvalue weighted by Crippen LogP contribution is -2.50. The molecule has 198 valence electrons. The number of hydrogen-bond donors (Lipinski definition) is 1. The molecule has 0 aromatic heterocycles. The molecule has 3 aromatic carbocycles. The van der Waals surface area contributed by atoms with E-state index in [9.17, 15) is 19.2 Å². The molecule has 8 heteroatoms. The molecule has 3 rings (SSSR count). The molecule has 0 fully saturated rings. The second kappa shape index (κ2) is 13.7. The number of alkyl carbamates (subject to hydrolysis) is 1. The van der Waals surface area contributed by atoms with Gasteiger partial charge in [0.25, 0.3) is 0 Å². The van der Waals surface area contributed by atoms with E-state index in [0.717, 1.165) is 25.3 Å². The standard InChI is InChI=1S/C30H31NO7/c1-36-27(33)30(28(34)37-2,19-23-14-8-4-9-15-23)20-26(32)25(18-22-12-6-3-7-13-22)31-29(35)38-21-24-16-10-5-11-17-24/h3-17,25H,18-21H2,1-2H3,(H,31,35). The van der Waals surface area contributed by atoms with Crippen LogP contribution >= 0.6 is 0 Å². The fraction of sp³-hybridized carbons (Fsp3) is 0.267. The largest absolute Gasteiger partial charge is 0.468 e. The third-order valence-corrected chi connectivity index (χ3v) is 6.15. The number of nitrogens with one attached hydrogen (secondary N) is 1. The number of amides is 1. The monoisotopic (exact) mass is 517 g/mol. The third-order valence-electron chi connectivity index (χ3n) is 6.15. The molecule has 1 amide bonds. The average Bonchev–Trinajstić information content (AvgIpc) is 2.96. The van der Waals surface area contributed by atoms with Crippen LogP contribution in [-0.4, -0.2) is 44.1 Å². The van der Waals surface area contributed by atoms with Gasteiger partial charge in [0, 0.05) is 6.42 Å². The van der Waals surface area contributed by atoms with E-state index in [2.05, 4.69) is 5.32 Å². The number of carbonyl (C=O) groups is 4. The molecule has 1 unspecified atom stereocenters. The van der Waals surface area contributed by atoms with Crippen LogP contribution in [-0.2, 0) is 48.0 Å². The van der Waals surface area contributed by atoms with Crippen molar-refractivity contribution in [2.75, 3.05) is 14.2 Å². The number of methoxy groups -OCH3 is 2. The summed E-state index contributed by atoms with van der Waals surface area (Å²) in [7, 11) is 2.30. The zero-order valence-corrected chi connectivity index (χ0v) is 21.4. The van der Waals surface area contributed by atoms with Crippen molar-refractivity contribution in [3.63, 3.8) is 0 Å². The maximum Gasteiger partial charge on any atom is 0.408 e. The van der Waals surface area contributed by atoms with Crippen molar-refractivity contribution in [3.8, 4) is 0 Å². The predicted molar refractivity (Wildman–Crippen MR) is 140 cm³/mol. The molecule has 0 spiro atoms. The van der Waals surface area contributed by atoms with Gasteiger partial charge in [-0.1, -0.05) is 91.0 Å². The van der Waals surface area contributed by atoms with Gasteiger partial charge >= 0.3 is 18.0 Å². The summed E-state index contributed by atoms with van der Waals surface area (Å²) in [6.07, 6.45) is -1.33. The molecule has 1 N–H and O–H groups in total. The second-order valence-corrected chi connectivity index (χ2v) is 8.82. The number of carbonyl (C=O) groups excluding carboxylic acids is 4. The number of ketones is 1. The summed E-state index contributed by atoms with van der Waals surface area (Å²) >= 11 is 0. The lowest BCUT2D eigenvalue weighted by molar-refractivity contribution is -0.171. The summed E-state index contributed by atoms with van der Waals surface area (Å²) in [5.74, 6) is -2.34. The smallest absolute Gasteiger partial charge is 0.408 e. The van der Waals surface area contributed by atoms with Gasteiger partial charge in [-0.25, -0.2) is 4.79 Å². The van der Waals surface area contributed by atoms with Gasteiger partial charge in [-0.3, -0.25) is 14.4 Å². The van der Waals surface area contributed by atoms with Crippen molar-refractivity contribution in [1.82, 2.24) is 5.32 Å². The molecule has 3 aromatic rings. The van der Waals surface area contributed by atoms with E-state index in [1.54, 1.807) is 30.3 Å². The highest BCUT2D eigenvalue weighted by atomic mass is 16.6. The second-order valence-electron chi connectivity index (χ2n) is 8.82. The van der Waals surface area contributed by atoms with Crippen LogP contribution in [0.25, 0.3) is 0 Å². The fourth-order valence-corrected chi connectivity index (χ4v) is 4.19. The molecule has 0 bridgehead atoms. The minimum absolute atomic E-state index is 0.0151. The maximum atomic E-state index is 13.7. The third kappa shape index (κ3) is 7.52. The highest BCUT2D eigenvalue weighted by Crippen LogP contribution is 2.32. The van der Waals surface area contributed by atoms with Gasteiger partial charge in [0.15, 0.2) is 11.2 Å². The van der Waals surface area contributed by atoms with E-state index < -0.39 is 41.7 Å². The van der Waals surface area contributed by atoms with E-state index in [4.69, 9.17) is 14.2 Å². The van der Waals surface area contributed by atoms with Crippen molar-refractivity contribution in [3.05, 3.63) is 108 Å². The summed E-state index contributed by atoms with van der Waals surface area (Å²) in [5.41, 5.74) is 0.267. The number of hydrogen-bond acceptors (Lipinski definition) is 7. The Hall–Kier alpha value is -4.46. The average molecular weight is 518 g/mol. The van der Waals surface area contributed by atoms with Crippen LogP contribution in [0.3, 0.4) is 0 Å². The molecule has 8 nitrogen and oxygen atoms in total. The number of Topliss-reactive ketones (excluding diaryl/α,β-unsaturated/α-hetero) is 1. The number of esters is 2. The van der Waals surface area contributed by atoms with Gasteiger partial charge in [-0.15, -0.1) is 0 Å². The summed E-state index contributed by atoms with van der Waals surface area (Å²) in [6, 6.07) is 25.9. The molecule has 0 heterocycles. The highest BCUT2D eigenvalue weighted by molar-refractivity contribution is 6.05. The minimum atomic E-state index is -1.94. The van der Waals surface area contributed by atoms with Gasteiger partial charge in [-0.2, -0.15) is 0 Å². The Balaban J connectivity index is 1.87. The van der Waals surface area contributed by atoms with Crippen molar-refractivity contribution >= 4 is 23.8 Å². The van der Waals surface area contributed by atoms with Crippen molar-refractivity contribution in [2.24, 2.45) is 5.41 Å². The molecular weight excluding hydrogens is 486 g/mol. The van der Waals surface area contributed by atoms with Crippen LogP contribution in [0.1, 0.15) is 23.1 Å². The van der Waals surface area contributed by atoms with Crippen molar-refractivity contribution in [1.29, 1.82) is 0 Å². The van der Waals surface area contributed by atoms with Crippen LogP contribution in [0.2, 0.25) is 0 Å². The first-order valence-corrected chi connectivity index (χ1v) is 12.1. The summed E-state index contributed by atoms with van der Waals surface area (Å²) in [5, 5.41) is 2.62. The Morgan fingerprint density at radius 1 is 0.711 bits per heavy atom. The lowest BCUT2D eigenvalue weighted by atomic mass is 9.75. The van der Waals surface area contributed by atoms with Gasteiger partial charge in [0.1, 0.15) is 6.61 Å². The zero-order valence-electron chi connectivity index (χ0n) is 21.4. The molecule has 0 aliphatic carbocycles. The van der Waals surface area contributed by atoms with E-state index in [-0.39, 0.29) is 19.4 Å². The minimum Gasteiger partial charge on any atom is -0.468 e. The molecule has 38 heavy (non-hydrogen) atoms. The Bertz CT molecular complexity index is 1200. The van der Waals surface area contributed by atoms with Crippen LogP contribution < -0.4 is 5.32 Å².